The van der Waals surface area contributed by atoms with Gasteiger partial charge in [0.05, 0.1) is 11.0 Å². The molecule has 0 aliphatic heterocycles. The van der Waals surface area contributed by atoms with Crippen LogP contribution in [0, 0.1) is 5.41 Å². The van der Waals surface area contributed by atoms with Gasteiger partial charge in [-0.05, 0) is 152 Å². The number of nitrogens with one attached hydrogen (secondary N) is 1. The Bertz CT molecular complexity index is 4360. The number of carbonyl (C=O) groups is 3. The summed E-state index contributed by atoms with van der Waals surface area (Å²) in [6, 6.07) is 37.4. The summed E-state index contributed by atoms with van der Waals surface area (Å²) in [4.78, 5) is 58.9. The third-order valence-electron chi connectivity index (χ3n) is 20.0. The van der Waals surface area contributed by atoms with Crippen molar-refractivity contribution >= 4 is 24.0 Å². The molecule has 0 saturated heterocycles. The van der Waals surface area contributed by atoms with E-state index in [0.717, 1.165) is 120 Å². The molecule has 5 heterocycles. The number of amides is 2. The highest BCUT2D eigenvalue weighted by atomic mass is 19.4. The van der Waals surface area contributed by atoms with E-state index in [9.17, 15) is 59.1 Å². The number of nitrogens with zero attached hydrogens (tertiary/aromatic N) is 10. The number of alkyl halides is 9. The van der Waals surface area contributed by atoms with Gasteiger partial charge in [-0.15, -0.1) is 0 Å². The number of hydrogen-bond donors (Lipinski definition) is 4. The summed E-state index contributed by atoms with van der Waals surface area (Å²) in [6.07, 6.45) is -0.572. The number of hydrogen-bond acceptors (Lipinski definition) is 17. The van der Waals surface area contributed by atoms with Crippen molar-refractivity contribution in [1.82, 2.24) is 50.3 Å². The molecule has 6 saturated carbocycles. The third-order valence-corrected chi connectivity index (χ3v) is 20.0. The second-order valence-corrected chi connectivity index (χ2v) is 29.9. The first-order chi connectivity index (χ1) is 50.1. The van der Waals surface area contributed by atoms with Crippen molar-refractivity contribution in [2.45, 2.75) is 202 Å². The highest BCUT2D eigenvalue weighted by Gasteiger charge is 2.54. The number of carboxylic acid groups (broad SMARTS) is 1. The molecule has 5 N–H and O–H groups in total. The minimum Gasteiger partial charge on any atom is -0.478 e. The van der Waals surface area contributed by atoms with E-state index in [-0.39, 0.29) is 65.7 Å². The van der Waals surface area contributed by atoms with Gasteiger partial charge in [-0.25, -0.2) is 14.4 Å². The molecular weight excluding hydrogens is 1410 g/mol. The average Bonchev–Trinajstić information content (AvgIpc) is 1.62. The van der Waals surface area contributed by atoms with Crippen molar-refractivity contribution < 1.29 is 82.7 Å². The predicted molar refractivity (Wildman–Crippen MR) is 375 cm³/mol. The Kier molecular flexibility index (Phi) is 23.7. The molecule has 21 nitrogen and oxygen atoms in total. The van der Waals surface area contributed by atoms with Crippen LogP contribution in [0.5, 0.6) is 0 Å². The quantitative estimate of drug-likeness (QED) is 0.0204. The number of pyridine rings is 3. The average molecular weight is 1500 g/mol. The normalized spacial score (nSPS) is 20.8. The van der Waals surface area contributed by atoms with Gasteiger partial charge >= 0.3 is 36.7 Å². The molecule has 8 aromatic rings. The van der Waals surface area contributed by atoms with Crippen LogP contribution in [0.15, 0.2) is 160 Å². The standard InChI is InChI=1S/C27H29F3N4O3.C22H21F3N4O.C20H29N3O3.C7H4F3NO2.CH4/c1-25(2,3)36-24(35)34(20-15-19(20)17-8-5-4-6-9-17)16-26(11-7-12-26)23-32-22(37-33-23)18-10-13-31-21(14-18)27(28,29)30;23-22(24,25)18-11-15(7-10-26-18)19-28-20(29-30-19)21(8-4-9-21)13-27-17-12-16(17)14-5-2-1-3-6-14;1-19(2,3)26-18(24)23(13-20(10-7-11-20)17(21)22-25)16-12-15(16)14-8-5-4-6-9-14;8-7(9,10)5-3-4(6(12)13)1-2-11-5;/h4-6,8-10,13-14,19-20H,7,11-12,15-16H2,1-3H3;1-3,5-7,10-11,16-17,27H,4,8-9,12-13H2;4-6,8-9,15-16,25H,7,10-13H2,1-3H3,(H2,21,22);1-3H,(H,12,13);1H4/t19?,20-;16?,17-;15?,16-;;/m000../s1. The Balaban J connectivity index is 0.000000159. The van der Waals surface area contributed by atoms with Gasteiger partial charge in [-0.2, -0.15) is 49.5 Å². The lowest BCUT2D eigenvalue weighted by atomic mass is 9.67. The second-order valence-electron chi connectivity index (χ2n) is 29.9. The van der Waals surface area contributed by atoms with E-state index in [1.807, 2.05) is 84.0 Å². The van der Waals surface area contributed by atoms with Crippen LogP contribution in [0.3, 0.4) is 0 Å². The molecule has 0 radical (unpaired) electrons. The first-order valence-corrected chi connectivity index (χ1v) is 34.9. The summed E-state index contributed by atoms with van der Waals surface area (Å²) in [5.41, 5.74) is 4.05. The summed E-state index contributed by atoms with van der Waals surface area (Å²) in [7, 11) is 0. The molecule has 6 atom stereocenters. The van der Waals surface area contributed by atoms with Gasteiger partial charge in [0.2, 0.25) is 0 Å². The molecular formula is C77H87F9N12O9. The number of carboxylic acids is 1. The number of benzene rings is 3. The van der Waals surface area contributed by atoms with Crippen molar-refractivity contribution in [2.24, 2.45) is 16.3 Å². The Hall–Kier alpha value is -10.0. The first-order valence-electron chi connectivity index (χ1n) is 34.9. The van der Waals surface area contributed by atoms with Crippen LogP contribution in [-0.4, -0.2) is 128 Å². The lowest BCUT2D eigenvalue weighted by molar-refractivity contribution is -0.142. The Morgan fingerprint density at radius 3 is 1.32 bits per heavy atom. The minimum absolute atomic E-state index is 0. The molecule has 6 fully saturated rings. The highest BCUT2D eigenvalue weighted by Crippen LogP contribution is 2.52. The highest BCUT2D eigenvalue weighted by molar-refractivity contribution is 5.88. The largest absolute Gasteiger partial charge is 0.478 e. The SMILES string of the molecule is C.CC(C)(C)OC(=O)N(CC1(C(N)=NO)CCC1)[C@H]1CC1c1ccccc1.CC(C)(C)OC(=O)N(CC1(c2noc(-c3ccnc(C(F)(F)F)c3)n2)CCC1)[C@H]1CC1c1ccccc1.FC(F)(F)c1cc(-c2nc(C3(CN[C@H]4CC4c4ccccc4)CCC3)no2)ccn1.O=C(O)c1ccnc(C(F)(F)F)c1. The van der Waals surface area contributed by atoms with E-state index in [1.165, 1.54) is 28.8 Å². The summed E-state index contributed by atoms with van der Waals surface area (Å²) < 4.78 is 136. The van der Waals surface area contributed by atoms with Gasteiger partial charge in [-0.3, -0.25) is 15.0 Å². The molecule has 6 aliphatic carbocycles. The molecule has 572 valence electrons. The summed E-state index contributed by atoms with van der Waals surface area (Å²) in [6.45, 7) is 12.6. The summed E-state index contributed by atoms with van der Waals surface area (Å²) >= 11 is 0. The van der Waals surface area contributed by atoms with Crippen molar-refractivity contribution in [3.8, 4) is 22.9 Å². The maximum Gasteiger partial charge on any atom is 0.433 e. The first kappa shape index (κ1) is 79.6. The van der Waals surface area contributed by atoms with Crippen LogP contribution in [0.1, 0.15) is 200 Å². The van der Waals surface area contributed by atoms with Gasteiger partial charge in [0.1, 0.15) is 34.1 Å². The molecule has 3 unspecified atom stereocenters. The fourth-order valence-electron chi connectivity index (χ4n) is 13.5. The van der Waals surface area contributed by atoms with Crippen LogP contribution in [0.25, 0.3) is 22.9 Å². The number of ether oxygens (including phenoxy) is 2. The zero-order valence-electron chi connectivity index (χ0n) is 59.1. The smallest absolute Gasteiger partial charge is 0.433 e. The fraction of sp³-hybridized carbons (Fsp3) is 0.468. The molecule has 0 bridgehead atoms. The number of nitrogens with two attached hydrogens (primary N) is 1. The Labute approximate surface area is 612 Å². The van der Waals surface area contributed by atoms with Crippen LogP contribution in [-0.2, 0) is 38.8 Å². The molecule has 107 heavy (non-hydrogen) atoms. The van der Waals surface area contributed by atoms with E-state index in [4.69, 9.17) is 29.4 Å². The zero-order valence-corrected chi connectivity index (χ0v) is 59.1. The van der Waals surface area contributed by atoms with Gasteiger partial charge < -0.3 is 49.7 Å². The van der Waals surface area contributed by atoms with Gasteiger partial charge in [0.25, 0.3) is 11.8 Å². The zero-order chi connectivity index (χ0) is 76.2. The van der Waals surface area contributed by atoms with E-state index in [2.05, 4.69) is 94.2 Å². The van der Waals surface area contributed by atoms with E-state index in [1.54, 1.807) is 9.80 Å². The van der Waals surface area contributed by atoms with Crippen LogP contribution >= 0.6 is 0 Å². The van der Waals surface area contributed by atoms with E-state index < -0.39 is 75.3 Å². The lowest BCUT2D eigenvalue weighted by Crippen LogP contribution is -2.53. The molecule has 14 rings (SSSR count). The number of rotatable bonds is 18. The number of aromatic carboxylic acids is 1. The number of carbonyl (C=O) groups excluding carboxylic acids is 2. The lowest BCUT2D eigenvalue weighted by Gasteiger charge is -2.44. The third kappa shape index (κ3) is 19.6. The topological polar surface area (TPSA) is 284 Å². The van der Waals surface area contributed by atoms with Crippen LogP contribution in [0.2, 0.25) is 0 Å². The number of oxime groups is 1. The number of amidine groups is 1. The molecule has 5 aromatic heterocycles. The molecule has 2 amide bonds. The van der Waals surface area contributed by atoms with Crippen molar-refractivity contribution in [3.63, 3.8) is 0 Å². The number of aromatic nitrogens is 7. The molecule has 30 heteroatoms. The Morgan fingerprint density at radius 1 is 0.551 bits per heavy atom. The number of halogens is 9. The van der Waals surface area contributed by atoms with E-state index >= 15 is 0 Å². The van der Waals surface area contributed by atoms with Gasteiger partial charge in [0, 0.05) is 96.1 Å². The van der Waals surface area contributed by atoms with Crippen molar-refractivity contribution in [1.29, 1.82) is 0 Å². The molecule has 3 aromatic carbocycles. The maximum atomic E-state index is 13.4. The minimum atomic E-state index is -4.61. The maximum absolute atomic E-state index is 13.4. The fourth-order valence-corrected chi connectivity index (χ4v) is 13.5. The molecule has 6 aliphatic rings. The molecule has 0 spiro atoms. The van der Waals surface area contributed by atoms with Crippen molar-refractivity contribution in [2.75, 3.05) is 19.6 Å². The van der Waals surface area contributed by atoms with E-state index in [0.29, 0.717) is 48.7 Å². The predicted octanol–water partition coefficient (Wildman–Crippen LogP) is 17.2. The van der Waals surface area contributed by atoms with Crippen LogP contribution in [0.4, 0.5) is 49.1 Å². The Morgan fingerprint density at radius 2 is 0.944 bits per heavy atom. The van der Waals surface area contributed by atoms with Crippen molar-refractivity contribution in [3.05, 3.63) is 197 Å². The van der Waals surface area contributed by atoms with Gasteiger partial charge in [0.15, 0.2) is 11.6 Å². The monoisotopic (exact) mass is 1490 g/mol. The second kappa shape index (κ2) is 31.8. The summed E-state index contributed by atoms with van der Waals surface area (Å²) in [5.74, 6) is 0.911. The van der Waals surface area contributed by atoms with Crippen LogP contribution < -0.4 is 11.1 Å². The van der Waals surface area contributed by atoms with Gasteiger partial charge in [-0.1, -0.05) is 133 Å². The summed E-state index contributed by atoms with van der Waals surface area (Å²) in [5, 5.41) is 32.7.